The Bertz CT molecular complexity index is 215. The molecule has 4 heteroatoms. The van der Waals surface area contributed by atoms with Crippen LogP contribution >= 0.6 is 0 Å². The van der Waals surface area contributed by atoms with E-state index in [1.807, 2.05) is 6.92 Å². The van der Waals surface area contributed by atoms with E-state index in [9.17, 15) is 4.79 Å². The van der Waals surface area contributed by atoms with Gasteiger partial charge in [-0.1, -0.05) is 6.92 Å². The summed E-state index contributed by atoms with van der Waals surface area (Å²) in [5.41, 5.74) is 0.386. The van der Waals surface area contributed by atoms with Gasteiger partial charge >= 0.3 is 6.03 Å². The highest BCUT2D eigenvalue weighted by atomic mass is 16.3. The van der Waals surface area contributed by atoms with E-state index in [-0.39, 0.29) is 18.7 Å². The molecular formula is C11H22N2O2. The minimum absolute atomic E-state index is 0.0341. The van der Waals surface area contributed by atoms with Crippen LogP contribution in [0.3, 0.4) is 0 Å². The number of hydrogen-bond acceptors (Lipinski definition) is 2. The lowest BCUT2D eigenvalue weighted by molar-refractivity contribution is 0.228. The van der Waals surface area contributed by atoms with Crippen molar-refractivity contribution < 1.29 is 9.90 Å². The van der Waals surface area contributed by atoms with Crippen LogP contribution in [-0.2, 0) is 0 Å². The molecule has 1 atom stereocenters. The van der Waals surface area contributed by atoms with Crippen LogP contribution in [0.2, 0.25) is 0 Å². The Morgan fingerprint density at radius 3 is 2.67 bits per heavy atom. The van der Waals surface area contributed by atoms with Crippen molar-refractivity contribution in [2.45, 2.75) is 45.6 Å². The lowest BCUT2D eigenvalue weighted by Crippen LogP contribution is -2.43. The standard InChI is InChI=1S/C11H22N2O2/c1-3-11(5-6-11)8-12-10(15)13-9(2)4-7-14/h9,14H,3-8H2,1-2H3,(H2,12,13,15)/t9-/m1/s1. The van der Waals surface area contributed by atoms with Gasteiger partial charge in [0.1, 0.15) is 0 Å². The van der Waals surface area contributed by atoms with Crippen molar-refractivity contribution in [3.05, 3.63) is 0 Å². The van der Waals surface area contributed by atoms with Crippen LogP contribution in [0.25, 0.3) is 0 Å². The minimum atomic E-state index is -0.115. The maximum Gasteiger partial charge on any atom is 0.315 e. The van der Waals surface area contributed by atoms with Crippen LogP contribution < -0.4 is 10.6 Å². The van der Waals surface area contributed by atoms with Crippen molar-refractivity contribution in [1.29, 1.82) is 0 Å². The molecule has 0 spiro atoms. The van der Waals surface area contributed by atoms with Gasteiger partial charge in [0.2, 0.25) is 0 Å². The molecule has 0 saturated heterocycles. The second-order valence-electron chi connectivity index (χ2n) is 4.59. The number of hydrogen-bond donors (Lipinski definition) is 3. The highest BCUT2D eigenvalue weighted by Crippen LogP contribution is 2.47. The van der Waals surface area contributed by atoms with E-state index in [1.165, 1.54) is 12.8 Å². The molecule has 0 heterocycles. The van der Waals surface area contributed by atoms with Crippen molar-refractivity contribution >= 4 is 6.03 Å². The molecule has 3 N–H and O–H groups in total. The van der Waals surface area contributed by atoms with E-state index in [4.69, 9.17) is 5.11 Å². The molecule has 0 aromatic rings. The Labute approximate surface area is 91.4 Å². The minimum Gasteiger partial charge on any atom is -0.396 e. The zero-order valence-corrected chi connectivity index (χ0v) is 9.68. The molecule has 0 aliphatic heterocycles. The maximum absolute atomic E-state index is 11.4. The first-order valence-electron chi connectivity index (χ1n) is 5.77. The molecule has 0 aromatic heterocycles. The fourth-order valence-electron chi connectivity index (χ4n) is 1.64. The molecule has 0 aromatic carbocycles. The lowest BCUT2D eigenvalue weighted by atomic mass is 10.0. The molecule has 4 nitrogen and oxygen atoms in total. The van der Waals surface area contributed by atoms with Gasteiger partial charge < -0.3 is 15.7 Å². The number of carbonyl (C=O) groups is 1. The summed E-state index contributed by atoms with van der Waals surface area (Å²) in [5, 5.41) is 14.4. The summed E-state index contributed by atoms with van der Waals surface area (Å²) in [6.45, 7) is 4.95. The van der Waals surface area contributed by atoms with E-state index in [1.54, 1.807) is 0 Å². The van der Waals surface area contributed by atoms with Crippen LogP contribution in [0.1, 0.15) is 39.5 Å². The third kappa shape index (κ3) is 4.08. The third-order valence-electron chi connectivity index (χ3n) is 3.27. The van der Waals surface area contributed by atoms with E-state index in [2.05, 4.69) is 17.6 Å². The van der Waals surface area contributed by atoms with Crippen molar-refractivity contribution in [3.63, 3.8) is 0 Å². The first kappa shape index (κ1) is 12.3. The number of nitrogens with one attached hydrogen (secondary N) is 2. The Balaban J connectivity index is 2.13. The summed E-state index contributed by atoms with van der Waals surface area (Å²) in [6.07, 6.45) is 4.21. The average molecular weight is 214 g/mol. The Morgan fingerprint density at radius 1 is 1.53 bits per heavy atom. The Morgan fingerprint density at radius 2 is 2.20 bits per heavy atom. The summed E-state index contributed by atoms with van der Waals surface area (Å²) in [4.78, 5) is 11.4. The van der Waals surface area contributed by atoms with Gasteiger partial charge in [-0.25, -0.2) is 4.79 Å². The number of aliphatic hydroxyl groups is 1. The Kier molecular flexibility index (Phi) is 4.39. The molecule has 1 fully saturated rings. The second kappa shape index (κ2) is 5.35. The summed E-state index contributed by atoms with van der Waals surface area (Å²) >= 11 is 0. The second-order valence-corrected chi connectivity index (χ2v) is 4.59. The van der Waals surface area contributed by atoms with Crippen molar-refractivity contribution in [1.82, 2.24) is 10.6 Å². The SMILES string of the molecule is CCC1(CNC(=O)N[C@H](C)CCO)CC1. The highest BCUT2D eigenvalue weighted by Gasteiger charge is 2.40. The number of rotatable bonds is 6. The van der Waals surface area contributed by atoms with Gasteiger partial charge in [0.15, 0.2) is 0 Å². The maximum atomic E-state index is 11.4. The molecule has 88 valence electrons. The van der Waals surface area contributed by atoms with Crippen molar-refractivity contribution in [2.24, 2.45) is 5.41 Å². The van der Waals surface area contributed by atoms with Gasteiger partial charge in [0, 0.05) is 19.2 Å². The van der Waals surface area contributed by atoms with Gasteiger partial charge in [-0.05, 0) is 38.0 Å². The van der Waals surface area contributed by atoms with Crippen LogP contribution in [0.4, 0.5) is 4.79 Å². The number of aliphatic hydroxyl groups excluding tert-OH is 1. The van der Waals surface area contributed by atoms with Gasteiger partial charge in [0.05, 0.1) is 0 Å². The van der Waals surface area contributed by atoms with Gasteiger partial charge in [-0.3, -0.25) is 0 Å². The first-order valence-corrected chi connectivity index (χ1v) is 5.77. The molecule has 0 bridgehead atoms. The zero-order valence-electron chi connectivity index (χ0n) is 9.68. The molecule has 1 rings (SSSR count). The normalized spacial score (nSPS) is 19.4. The lowest BCUT2D eigenvalue weighted by Gasteiger charge is -2.16. The summed E-state index contributed by atoms with van der Waals surface area (Å²) in [7, 11) is 0. The van der Waals surface area contributed by atoms with E-state index in [0.29, 0.717) is 11.8 Å². The molecule has 0 radical (unpaired) electrons. The molecule has 1 aliphatic carbocycles. The largest absolute Gasteiger partial charge is 0.396 e. The molecule has 2 amide bonds. The Hall–Kier alpha value is -0.770. The fourth-order valence-corrected chi connectivity index (χ4v) is 1.64. The van der Waals surface area contributed by atoms with Gasteiger partial charge in [0.25, 0.3) is 0 Å². The van der Waals surface area contributed by atoms with Crippen LogP contribution in [0.15, 0.2) is 0 Å². The predicted molar refractivity (Wildman–Crippen MR) is 59.7 cm³/mol. The van der Waals surface area contributed by atoms with Gasteiger partial charge in [-0.15, -0.1) is 0 Å². The van der Waals surface area contributed by atoms with E-state index < -0.39 is 0 Å². The number of amides is 2. The fraction of sp³-hybridized carbons (Fsp3) is 0.909. The topological polar surface area (TPSA) is 61.4 Å². The zero-order chi connectivity index (χ0) is 11.3. The molecule has 0 unspecified atom stereocenters. The van der Waals surface area contributed by atoms with Crippen molar-refractivity contribution in [3.8, 4) is 0 Å². The number of carbonyl (C=O) groups excluding carboxylic acids is 1. The third-order valence-corrected chi connectivity index (χ3v) is 3.27. The predicted octanol–water partition coefficient (Wildman–Crippen LogP) is 1.25. The van der Waals surface area contributed by atoms with Crippen LogP contribution in [-0.4, -0.2) is 30.3 Å². The van der Waals surface area contributed by atoms with Crippen LogP contribution in [0.5, 0.6) is 0 Å². The quantitative estimate of drug-likeness (QED) is 0.623. The smallest absolute Gasteiger partial charge is 0.315 e. The molecule has 1 saturated carbocycles. The summed E-state index contributed by atoms with van der Waals surface area (Å²) in [6, 6.07) is -0.0811. The first-order chi connectivity index (χ1) is 7.12. The molecule has 1 aliphatic rings. The summed E-state index contributed by atoms with van der Waals surface area (Å²) in [5.74, 6) is 0. The van der Waals surface area contributed by atoms with Crippen LogP contribution in [0, 0.1) is 5.41 Å². The monoisotopic (exact) mass is 214 g/mol. The van der Waals surface area contributed by atoms with E-state index >= 15 is 0 Å². The van der Waals surface area contributed by atoms with E-state index in [0.717, 1.165) is 13.0 Å². The van der Waals surface area contributed by atoms with Gasteiger partial charge in [-0.2, -0.15) is 0 Å². The number of urea groups is 1. The highest BCUT2D eigenvalue weighted by molar-refractivity contribution is 5.74. The average Bonchev–Trinajstić information content (AvgIpc) is 2.96. The molecular weight excluding hydrogens is 192 g/mol. The van der Waals surface area contributed by atoms with Crippen molar-refractivity contribution in [2.75, 3.05) is 13.2 Å². The summed E-state index contributed by atoms with van der Waals surface area (Å²) < 4.78 is 0. The molecule has 15 heavy (non-hydrogen) atoms.